The Labute approximate surface area is 281 Å². The van der Waals surface area contributed by atoms with Gasteiger partial charge in [0.15, 0.2) is 5.78 Å². The van der Waals surface area contributed by atoms with Gasteiger partial charge >= 0.3 is 0 Å². The zero-order valence-electron chi connectivity index (χ0n) is 27.1. The van der Waals surface area contributed by atoms with E-state index in [1.807, 2.05) is 52.4 Å². The number of aliphatic hydroxyl groups excluding tert-OH is 1. The number of benzene rings is 3. The minimum Gasteiger partial charge on any atom is -0.512 e. The molecule has 0 spiro atoms. The Morgan fingerprint density at radius 2 is 1.53 bits per heavy atom. The van der Waals surface area contributed by atoms with E-state index in [0.717, 1.165) is 47.7 Å². The topological polar surface area (TPSA) is 63.1 Å². The smallest absolute Gasteiger partial charge is 0.162 e. The molecule has 0 unspecified atom stereocenters. The van der Waals surface area contributed by atoms with E-state index in [1.165, 1.54) is 39.1 Å². The van der Waals surface area contributed by atoms with Crippen LogP contribution in [0.5, 0.6) is 0 Å². The van der Waals surface area contributed by atoms with E-state index in [2.05, 4.69) is 79.5 Å². The number of ketones is 1. The first-order valence-electron chi connectivity index (χ1n) is 16.0. The first kappa shape index (κ1) is 34.2. The van der Waals surface area contributed by atoms with Crippen molar-refractivity contribution < 1.29 is 30.0 Å². The van der Waals surface area contributed by atoms with Gasteiger partial charge in [0.25, 0.3) is 0 Å². The SMILES string of the molecule is CC1(C)c2cc3cnccc3[c-]c2-c2nccc3cc(-c4ccccc4)cc1c23.CCC(CC)C(=O)/C=C(\O)C(CC)CC.[Ir]. The number of rotatable bonds is 8. The molecule has 1 N–H and O–H groups in total. The van der Waals surface area contributed by atoms with Crippen LogP contribution < -0.4 is 0 Å². The van der Waals surface area contributed by atoms with Crippen molar-refractivity contribution in [3.8, 4) is 22.4 Å². The van der Waals surface area contributed by atoms with E-state index in [0.29, 0.717) is 0 Å². The molecule has 0 saturated carbocycles. The van der Waals surface area contributed by atoms with Crippen molar-refractivity contribution in [3.63, 3.8) is 0 Å². The molecule has 0 fully saturated rings. The maximum atomic E-state index is 11.7. The number of nitrogens with zero attached hydrogens (tertiary/aromatic N) is 2. The van der Waals surface area contributed by atoms with Crippen LogP contribution in [0.3, 0.4) is 0 Å². The number of hydrogen-bond donors (Lipinski definition) is 1. The normalized spacial score (nSPS) is 13.3. The average Bonchev–Trinajstić information content (AvgIpc) is 3.04. The molecule has 6 rings (SSSR count). The molecule has 2 heterocycles. The van der Waals surface area contributed by atoms with Gasteiger partial charge in [0.2, 0.25) is 0 Å². The summed E-state index contributed by atoms with van der Waals surface area (Å²) >= 11 is 0. The molecule has 2 aromatic heterocycles. The Bertz CT molecular complexity index is 1820. The summed E-state index contributed by atoms with van der Waals surface area (Å²) in [5.74, 6) is 0.547. The van der Waals surface area contributed by atoms with Crippen LogP contribution in [0.1, 0.15) is 78.4 Å². The first-order valence-corrected chi connectivity index (χ1v) is 16.0. The number of aliphatic hydroxyl groups is 1. The fraction of sp³-hybridized carbons (Fsp3) is 0.325. The van der Waals surface area contributed by atoms with Gasteiger partial charge in [0.1, 0.15) is 0 Å². The van der Waals surface area contributed by atoms with Crippen LogP contribution in [0.4, 0.5) is 0 Å². The number of pyridine rings is 2. The molecule has 235 valence electrons. The molecule has 0 bridgehead atoms. The van der Waals surface area contributed by atoms with Gasteiger partial charge in [-0.2, -0.15) is 0 Å². The number of carbonyl (C=O) groups excluding carboxylic acids is 1. The molecule has 5 heteroatoms. The number of aromatic nitrogens is 2. The van der Waals surface area contributed by atoms with Gasteiger partial charge in [-0.1, -0.05) is 94.5 Å². The van der Waals surface area contributed by atoms with Gasteiger partial charge in [0.05, 0.1) is 5.76 Å². The molecule has 0 saturated heterocycles. The second-order valence-electron chi connectivity index (χ2n) is 12.3. The van der Waals surface area contributed by atoms with Crippen LogP contribution in [0, 0.1) is 17.9 Å². The maximum Gasteiger partial charge on any atom is 0.162 e. The van der Waals surface area contributed by atoms with Crippen molar-refractivity contribution in [1.29, 1.82) is 0 Å². The minimum atomic E-state index is -0.158. The summed E-state index contributed by atoms with van der Waals surface area (Å²) in [6.45, 7) is 12.7. The molecule has 0 atom stereocenters. The standard InChI is InChI=1S/C27H19N2.C13H24O2.Ir/c1-27(2)23-15-21-16-28-10-8-18(21)13-22(23)26-25-19(9-11-29-26)12-20(14-24(25)27)17-6-4-3-5-7-17;1-5-10(6-2)12(14)9-13(15)11(7-3)8-4;/h3-12,14-16H,1-2H3;9-11,14H,5-8H2,1-4H3;/q-1;;/b;12-9-;. The van der Waals surface area contributed by atoms with Crippen molar-refractivity contribution in [2.24, 2.45) is 11.8 Å². The fourth-order valence-corrected chi connectivity index (χ4v) is 6.47. The third kappa shape index (κ3) is 6.81. The van der Waals surface area contributed by atoms with E-state index in [4.69, 9.17) is 4.98 Å². The van der Waals surface area contributed by atoms with Crippen LogP contribution >= 0.6 is 0 Å². The summed E-state index contributed by atoms with van der Waals surface area (Å²) in [4.78, 5) is 20.8. The third-order valence-corrected chi connectivity index (χ3v) is 9.32. The van der Waals surface area contributed by atoms with E-state index in [1.54, 1.807) is 0 Å². The number of allylic oxidation sites excluding steroid dienone is 2. The first-order chi connectivity index (χ1) is 21.2. The quantitative estimate of drug-likeness (QED) is 0.0969. The van der Waals surface area contributed by atoms with E-state index >= 15 is 0 Å². The Morgan fingerprint density at radius 3 is 2.20 bits per heavy atom. The molecule has 1 aliphatic carbocycles. The van der Waals surface area contributed by atoms with Gasteiger partial charge in [-0.15, -0.1) is 23.6 Å². The number of hydrogen-bond acceptors (Lipinski definition) is 4. The van der Waals surface area contributed by atoms with Crippen molar-refractivity contribution in [1.82, 2.24) is 9.97 Å². The molecule has 45 heavy (non-hydrogen) atoms. The Balaban J connectivity index is 0.000000249. The largest absolute Gasteiger partial charge is 0.512 e. The van der Waals surface area contributed by atoms with Crippen LogP contribution in [-0.4, -0.2) is 20.9 Å². The third-order valence-electron chi connectivity index (χ3n) is 9.32. The molecular formula is C40H43IrN2O2-. The molecule has 1 radical (unpaired) electrons. The zero-order chi connectivity index (χ0) is 31.4. The molecule has 0 amide bonds. The summed E-state index contributed by atoms with van der Waals surface area (Å²) in [6, 6.07) is 25.3. The Morgan fingerprint density at radius 1 is 0.844 bits per heavy atom. The summed E-state index contributed by atoms with van der Waals surface area (Å²) in [5, 5.41) is 14.4. The van der Waals surface area contributed by atoms with Crippen LogP contribution in [0.2, 0.25) is 0 Å². The van der Waals surface area contributed by atoms with Crippen LogP contribution in [0.15, 0.2) is 91.1 Å². The second kappa shape index (κ2) is 14.6. The molecule has 1 aliphatic rings. The molecule has 5 aromatic rings. The summed E-state index contributed by atoms with van der Waals surface area (Å²) in [6.07, 6.45) is 10.6. The summed E-state index contributed by atoms with van der Waals surface area (Å²) < 4.78 is 0. The van der Waals surface area contributed by atoms with Gasteiger partial charge in [-0.3, -0.25) is 14.8 Å². The number of fused-ring (bicyclic) bond motifs is 3. The van der Waals surface area contributed by atoms with Crippen LogP contribution in [-0.2, 0) is 30.3 Å². The summed E-state index contributed by atoms with van der Waals surface area (Å²) in [7, 11) is 0. The van der Waals surface area contributed by atoms with Gasteiger partial charge in [-0.25, -0.2) is 0 Å². The molecule has 3 aromatic carbocycles. The second-order valence-corrected chi connectivity index (χ2v) is 12.3. The monoisotopic (exact) mass is 776 g/mol. The van der Waals surface area contributed by atoms with Crippen molar-refractivity contribution >= 4 is 27.3 Å². The zero-order valence-corrected chi connectivity index (χ0v) is 29.5. The van der Waals surface area contributed by atoms with Crippen molar-refractivity contribution in [2.45, 2.75) is 72.6 Å². The Hall–Kier alpha value is -3.66. The van der Waals surface area contributed by atoms with E-state index in [9.17, 15) is 9.90 Å². The van der Waals surface area contributed by atoms with E-state index in [-0.39, 0.29) is 48.9 Å². The predicted octanol–water partition coefficient (Wildman–Crippen LogP) is 10.4. The number of carbonyl (C=O) groups is 1. The Kier molecular flexibility index (Phi) is 11.1. The molecule has 4 nitrogen and oxygen atoms in total. The van der Waals surface area contributed by atoms with Gasteiger partial charge in [0, 0.05) is 49.9 Å². The van der Waals surface area contributed by atoms with Crippen molar-refractivity contribution in [2.75, 3.05) is 0 Å². The van der Waals surface area contributed by atoms with Crippen molar-refractivity contribution in [3.05, 3.63) is 108 Å². The summed E-state index contributed by atoms with van der Waals surface area (Å²) in [5.41, 5.74) is 7.05. The maximum absolute atomic E-state index is 11.7. The van der Waals surface area contributed by atoms with Gasteiger partial charge in [-0.05, 0) is 83.1 Å². The predicted molar refractivity (Wildman–Crippen MR) is 183 cm³/mol. The molecular weight excluding hydrogens is 733 g/mol. The average molecular weight is 776 g/mol. The minimum absolute atomic E-state index is 0. The fourth-order valence-electron chi connectivity index (χ4n) is 6.47. The molecule has 0 aliphatic heterocycles. The van der Waals surface area contributed by atoms with Crippen LogP contribution in [0.25, 0.3) is 43.9 Å². The van der Waals surface area contributed by atoms with Gasteiger partial charge < -0.3 is 5.11 Å². The van der Waals surface area contributed by atoms with E-state index < -0.39 is 0 Å².